The molecule has 1 saturated heterocycles. The normalized spacial score (nSPS) is 22.8. The smallest absolute Gasteiger partial charge is 0.315 e. The summed E-state index contributed by atoms with van der Waals surface area (Å²) in [7, 11) is 0. The van der Waals surface area contributed by atoms with Gasteiger partial charge >= 0.3 is 6.03 Å². The van der Waals surface area contributed by atoms with Gasteiger partial charge < -0.3 is 15.7 Å². The van der Waals surface area contributed by atoms with E-state index in [0.29, 0.717) is 6.54 Å². The average Bonchev–Trinajstić information content (AvgIpc) is 2.53. The van der Waals surface area contributed by atoms with Gasteiger partial charge in [0, 0.05) is 26.2 Å². The number of amides is 2. The Balaban J connectivity index is 1.93. The van der Waals surface area contributed by atoms with Crippen LogP contribution in [0.1, 0.15) is 38.3 Å². The average molecular weight is 333 g/mol. The molecule has 0 saturated carbocycles. The summed E-state index contributed by atoms with van der Waals surface area (Å²) in [4.78, 5) is 14.3. The lowest BCUT2D eigenvalue weighted by Crippen LogP contribution is -2.42. The summed E-state index contributed by atoms with van der Waals surface area (Å²) < 4.78 is 0. The van der Waals surface area contributed by atoms with E-state index in [1.54, 1.807) is 6.92 Å². The van der Waals surface area contributed by atoms with E-state index in [-0.39, 0.29) is 18.7 Å². The molecule has 1 fully saturated rings. The Bertz CT molecular complexity index is 525. The van der Waals surface area contributed by atoms with E-state index >= 15 is 0 Å². The minimum absolute atomic E-state index is 0.0602. The topological polar surface area (TPSA) is 64.6 Å². The number of aliphatic hydroxyl groups is 1. The molecule has 1 heterocycles. The molecule has 1 aromatic rings. The first-order valence-corrected chi connectivity index (χ1v) is 8.92. The van der Waals surface area contributed by atoms with Gasteiger partial charge in [0.1, 0.15) is 0 Å². The summed E-state index contributed by atoms with van der Waals surface area (Å²) in [5, 5.41) is 14.6. The molecule has 0 bridgehead atoms. The van der Waals surface area contributed by atoms with Crippen molar-refractivity contribution in [3.05, 3.63) is 35.4 Å². The molecule has 5 nitrogen and oxygen atoms in total. The van der Waals surface area contributed by atoms with E-state index in [4.69, 9.17) is 5.11 Å². The van der Waals surface area contributed by atoms with Crippen molar-refractivity contribution in [1.29, 1.82) is 0 Å². The zero-order valence-electron chi connectivity index (χ0n) is 15.1. The van der Waals surface area contributed by atoms with Crippen LogP contribution in [0.15, 0.2) is 24.3 Å². The van der Waals surface area contributed by atoms with Gasteiger partial charge in [0.15, 0.2) is 0 Å². The lowest BCUT2D eigenvalue weighted by molar-refractivity contribution is 0.134. The molecule has 3 N–H and O–H groups in total. The molecular weight excluding hydrogens is 302 g/mol. The SMILES string of the molecule is CC1CC(C)CN(Cc2ccccc2CNC(=O)N[C@@H](C)CO)C1. The highest BCUT2D eigenvalue weighted by atomic mass is 16.3. The van der Waals surface area contributed by atoms with Crippen molar-refractivity contribution >= 4 is 6.03 Å². The fourth-order valence-electron chi connectivity index (χ4n) is 3.54. The first-order chi connectivity index (χ1) is 11.5. The predicted molar refractivity (Wildman–Crippen MR) is 96.6 cm³/mol. The number of nitrogens with zero attached hydrogens (tertiary/aromatic N) is 1. The number of aliphatic hydroxyl groups excluding tert-OH is 1. The van der Waals surface area contributed by atoms with Crippen molar-refractivity contribution in [2.45, 2.75) is 46.3 Å². The number of hydrogen-bond donors (Lipinski definition) is 3. The first-order valence-electron chi connectivity index (χ1n) is 8.92. The number of likely N-dealkylation sites (tertiary alicyclic amines) is 1. The maximum absolute atomic E-state index is 11.8. The number of hydrogen-bond acceptors (Lipinski definition) is 3. The van der Waals surface area contributed by atoms with Crippen LogP contribution >= 0.6 is 0 Å². The third kappa shape index (κ3) is 5.80. The van der Waals surface area contributed by atoms with Gasteiger partial charge in [-0.1, -0.05) is 38.1 Å². The largest absolute Gasteiger partial charge is 0.394 e. The third-order valence-electron chi connectivity index (χ3n) is 4.55. The van der Waals surface area contributed by atoms with Crippen LogP contribution in [0.2, 0.25) is 0 Å². The molecule has 0 spiro atoms. The summed E-state index contributed by atoms with van der Waals surface area (Å²) in [6, 6.07) is 7.81. The van der Waals surface area contributed by atoms with Crippen LogP contribution in [0.3, 0.4) is 0 Å². The molecule has 1 aliphatic rings. The number of carbonyl (C=O) groups is 1. The van der Waals surface area contributed by atoms with Crippen LogP contribution in [-0.2, 0) is 13.1 Å². The van der Waals surface area contributed by atoms with E-state index in [0.717, 1.165) is 37.0 Å². The van der Waals surface area contributed by atoms with Gasteiger partial charge in [-0.25, -0.2) is 4.79 Å². The zero-order valence-corrected chi connectivity index (χ0v) is 15.1. The fraction of sp³-hybridized carbons (Fsp3) is 0.632. The lowest BCUT2D eigenvalue weighted by Gasteiger charge is -2.35. The quantitative estimate of drug-likeness (QED) is 0.749. The van der Waals surface area contributed by atoms with E-state index in [1.165, 1.54) is 12.0 Å². The second-order valence-corrected chi connectivity index (χ2v) is 7.32. The van der Waals surface area contributed by atoms with Crippen molar-refractivity contribution in [3.63, 3.8) is 0 Å². The van der Waals surface area contributed by atoms with Crippen LogP contribution in [-0.4, -0.2) is 41.8 Å². The molecular formula is C19H31N3O2. The predicted octanol–water partition coefficient (Wildman–Crippen LogP) is 2.34. The molecule has 2 rings (SSSR count). The van der Waals surface area contributed by atoms with Crippen LogP contribution in [0, 0.1) is 11.8 Å². The summed E-state index contributed by atoms with van der Waals surface area (Å²) in [6.07, 6.45) is 1.31. The van der Waals surface area contributed by atoms with Crippen LogP contribution < -0.4 is 10.6 Å². The Labute approximate surface area is 145 Å². The number of carbonyl (C=O) groups excluding carboxylic acids is 1. The third-order valence-corrected chi connectivity index (χ3v) is 4.55. The first kappa shape index (κ1) is 18.7. The molecule has 2 unspecified atom stereocenters. The Hall–Kier alpha value is -1.59. The van der Waals surface area contributed by atoms with Gasteiger partial charge in [0.2, 0.25) is 0 Å². The van der Waals surface area contributed by atoms with E-state index in [1.807, 2.05) is 6.07 Å². The Morgan fingerprint density at radius 2 is 1.88 bits per heavy atom. The Morgan fingerprint density at radius 1 is 1.25 bits per heavy atom. The van der Waals surface area contributed by atoms with Gasteiger partial charge in [-0.3, -0.25) is 4.90 Å². The molecule has 1 aromatic carbocycles. The molecule has 5 heteroatoms. The number of urea groups is 1. The summed E-state index contributed by atoms with van der Waals surface area (Å²) in [5.74, 6) is 1.48. The molecule has 0 aliphatic carbocycles. The van der Waals surface area contributed by atoms with Crippen molar-refractivity contribution < 1.29 is 9.90 Å². The minimum atomic E-state index is -0.244. The number of nitrogens with one attached hydrogen (secondary N) is 2. The van der Waals surface area contributed by atoms with Crippen LogP contribution in [0.25, 0.3) is 0 Å². The van der Waals surface area contributed by atoms with Crippen molar-refractivity contribution in [1.82, 2.24) is 15.5 Å². The van der Waals surface area contributed by atoms with Crippen molar-refractivity contribution in [2.75, 3.05) is 19.7 Å². The zero-order chi connectivity index (χ0) is 17.5. The van der Waals surface area contributed by atoms with Gasteiger partial charge in [-0.2, -0.15) is 0 Å². The van der Waals surface area contributed by atoms with E-state index in [2.05, 4.69) is 47.6 Å². The standard InChI is InChI=1S/C19H31N3O2/c1-14-8-15(2)11-22(10-14)12-18-7-5-4-6-17(18)9-20-19(24)21-16(3)13-23/h4-7,14-16,23H,8-13H2,1-3H3,(H2,20,21,24)/t14?,15?,16-/m0/s1. The minimum Gasteiger partial charge on any atom is -0.394 e. The lowest BCUT2D eigenvalue weighted by atomic mass is 9.91. The second kappa shape index (κ2) is 9.04. The maximum Gasteiger partial charge on any atom is 0.315 e. The van der Waals surface area contributed by atoms with Gasteiger partial charge in [0.25, 0.3) is 0 Å². The Morgan fingerprint density at radius 3 is 2.50 bits per heavy atom. The van der Waals surface area contributed by atoms with Crippen LogP contribution in [0.5, 0.6) is 0 Å². The van der Waals surface area contributed by atoms with Crippen molar-refractivity contribution in [2.24, 2.45) is 11.8 Å². The number of piperidine rings is 1. The van der Waals surface area contributed by atoms with Gasteiger partial charge in [-0.15, -0.1) is 0 Å². The molecule has 0 aromatic heterocycles. The highest BCUT2D eigenvalue weighted by molar-refractivity contribution is 5.74. The molecule has 3 atom stereocenters. The highest BCUT2D eigenvalue weighted by Crippen LogP contribution is 2.23. The summed E-state index contributed by atoms with van der Waals surface area (Å²) >= 11 is 0. The molecule has 134 valence electrons. The number of benzene rings is 1. The Kier molecular flexibility index (Phi) is 7.06. The van der Waals surface area contributed by atoms with E-state index < -0.39 is 0 Å². The second-order valence-electron chi connectivity index (χ2n) is 7.32. The van der Waals surface area contributed by atoms with Crippen molar-refractivity contribution in [3.8, 4) is 0 Å². The maximum atomic E-state index is 11.8. The molecule has 24 heavy (non-hydrogen) atoms. The number of rotatable bonds is 6. The molecule has 1 aliphatic heterocycles. The molecule has 2 amide bonds. The monoisotopic (exact) mass is 333 g/mol. The van der Waals surface area contributed by atoms with Crippen LogP contribution in [0.4, 0.5) is 4.79 Å². The fourth-order valence-corrected chi connectivity index (χ4v) is 3.54. The van der Waals surface area contributed by atoms with Gasteiger partial charge in [-0.05, 0) is 36.3 Å². The summed E-state index contributed by atoms with van der Waals surface area (Å²) in [5.41, 5.74) is 2.42. The summed E-state index contributed by atoms with van der Waals surface area (Å²) in [6.45, 7) is 10.1. The molecule has 0 radical (unpaired) electrons. The highest BCUT2D eigenvalue weighted by Gasteiger charge is 2.22. The van der Waals surface area contributed by atoms with E-state index in [9.17, 15) is 4.79 Å². The van der Waals surface area contributed by atoms with Gasteiger partial charge in [0.05, 0.1) is 12.6 Å².